The van der Waals surface area contributed by atoms with Crippen LogP contribution in [-0.4, -0.2) is 54.5 Å². The second kappa shape index (κ2) is 9.64. The quantitative estimate of drug-likeness (QED) is 0.584. The molecule has 31 heavy (non-hydrogen) atoms. The number of halogens is 1. The van der Waals surface area contributed by atoms with Crippen molar-refractivity contribution in [2.24, 2.45) is 5.92 Å². The fourth-order valence-electron chi connectivity index (χ4n) is 4.05. The number of benzene rings is 1. The summed E-state index contributed by atoms with van der Waals surface area (Å²) >= 11 is 3.43. The van der Waals surface area contributed by atoms with Crippen molar-refractivity contribution in [3.8, 4) is 0 Å². The van der Waals surface area contributed by atoms with Crippen LogP contribution in [0.25, 0.3) is 0 Å². The third kappa shape index (κ3) is 5.33. The van der Waals surface area contributed by atoms with E-state index in [4.69, 9.17) is 0 Å². The fraction of sp³-hybridized carbons (Fsp3) is 0.455. The van der Waals surface area contributed by atoms with Crippen LogP contribution in [-0.2, 0) is 9.59 Å². The van der Waals surface area contributed by atoms with Gasteiger partial charge in [0.1, 0.15) is 17.5 Å². The summed E-state index contributed by atoms with van der Waals surface area (Å²) in [5.74, 6) is 1.99. The summed E-state index contributed by atoms with van der Waals surface area (Å²) in [7, 11) is 0. The average molecular weight is 487 g/mol. The number of hydrogen-bond donors (Lipinski definition) is 2. The van der Waals surface area contributed by atoms with Crippen molar-refractivity contribution in [1.82, 2.24) is 15.3 Å². The molecule has 0 aliphatic carbocycles. The molecule has 9 heteroatoms. The summed E-state index contributed by atoms with van der Waals surface area (Å²) in [5, 5.41) is 6.21. The highest BCUT2D eigenvalue weighted by molar-refractivity contribution is 9.10. The number of rotatable bonds is 7. The lowest BCUT2D eigenvalue weighted by atomic mass is 10.1. The summed E-state index contributed by atoms with van der Waals surface area (Å²) in [5.41, 5.74) is 0.810. The Morgan fingerprint density at radius 1 is 1.19 bits per heavy atom. The highest BCUT2D eigenvalue weighted by Crippen LogP contribution is 2.27. The van der Waals surface area contributed by atoms with Crippen LogP contribution in [0.4, 0.5) is 17.3 Å². The van der Waals surface area contributed by atoms with Crippen LogP contribution in [0.2, 0.25) is 0 Å². The van der Waals surface area contributed by atoms with Gasteiger partial charge in [-0.25, -0.2) is 9.97 Å². The van der Waals surface area contributed by atoms with E-state index in [9.17, 15) is 9.59 Å². The van der Waals surface area contributed by atoms with E-state index in [-0.39, 0.29) is 24.2 Å². The molecule has 0 saturated carbocycles. The Balaban J connectivity index is 1.26. The van der Waals surface area contributed by atoms with Crippen LogP contribution in [0, 0.1) is 12.8 Å². The Bertz CT molecular complexity index is 963. The lowest BCUT2D eigenvalue weighted by Gasteiger charge is -2.18. The van der Waals surface area contributed by atoms with E-state index >= 15 is 0 Å². The Morgan fingerprint density at radius 3 is 2.77 bits per heavy atom. The minimum absolute atomic E-state index is 0.0257. The molecule has 1 aromatic carbocycles. The third-order valence-corrected chi connectivity index (χ3v) is 6.09. The molecule has 0 radical (unpaired) electrons. The molecule has 2 aromatic rings. The maximum absolute atomic E-state index is 12.6. The molecule has 2 aliphatic heterocycles. The van der Waals surface area contributed by atoms with E-state index in [0.717, 1.165) is 40.7 Å². The molecule has 3 heterocycles. The van der Waals surface area contributed by atoms with Crippen LogP contribution in [0.5, 0.6) is 0 Å². The zero-order chi connectivity index (χ0) is 21.8. The molecule has 4 rings (SSSR count). The summed E-state index contributed by atoms with van der Waals surface area (Å²) < 4.78 is 0.907. The molecule has 2 N–H and O–H groups in total. The zero-order valence-corrected chi connectivity index (χ0v) is 19.2. The largest absolute Gasteiger partial charge is 0.368 e. The van der Waals surface area contributed by atoms with Crippen molar-refractivity contribution in [3.05, 3.63) is 40.6 Å². The minimum atomic E-state index is -0.338. The second-order valence-corrected chi connectivity index (χ2v) is 8.87. The van der Waals surface area contributed by atoms with Crippen LogP contribution >= 0.6 is 15.9 Å². The SMILES string of the molecule is Cc1nc(NCCNC(=O)C2CC(=O)N(c3cccc(Br)c3)C2)cc(N2CCCC2)n1. The van der Waals surface area contributed by atoms with E-state index in [2.05, 4.69) is 41.4 Å². The van der Waals surface area contributed by atoms with Gasteiger partial charge in [-0.3, -0.25) is 9.59 Å². The van der Waals surface area contributed by atoms with Gasteiger partial charge in [-0.05, 0) is 38.0 Å². The van der Waals surface area contributed by atoms with Gasteiger partial charge in [0.05, 0.1) is 5.92 Å². The fourth-order valence-corrected chi connectivity index (χ4v) is 4.44. The van der Waals surface area contributed by atoms with Crippen molar-refractivity contribution in [2.45, 2.75) is 26.2 Å². The standard InChI is InChI=1S/C22H27BrN6O2/c1-15-26-19(13-20(27-15)28-9-2-3-10-28)24-7-8-25-22(31)16-11-21(30)29(14-16)18-6-4-5-17(23)12-18/h4-6,12-13,16H,2-3,7-11,14H2,1H3,(H,25,31)(H,24,26,27). The molecule has 2 amide bonds. The van der Waals surface area contributed by atoms with Gasteiger partial charge in [0.25, 0.3) is 0 Å². The summed E-state index contributed by atoms with van der Waals surface area (Å²) in [4.78, 5) is 37.9. The van der Waals surface area contributed by atoms with Gasteiger partial charge in [0.15, 0.2) is 0 Å². The van der Waals surface area contributed by atoms with Crippen LogP contribution in [0.1, 0.15) is 25.1 Å². The molecule has 0 bridgehead atoms. The van der Waals surface area contributed by atoms with Gasteiger partial charge < -0.3 is 20.4 Å². The average Bonchev–Trinajstić information content (AvgIpc) is 3.41. The number of nitrogens with zero attached hydrogens (tertiary/aromatic N) is 4. The molecule has 1 unspecified atom stereocenters. The van der Waals surface area contributed by atoms with Crippen LogP contribution in [0.3, 0.4) is 0 Å². The zero-order valence-electron chi connectivity index (χ0n) is 17.6. The Hall–Kier alpha value is -2.68. The smallest absolute Gasteiger partial charge is 0.227 e. The molecular formula is C22H27BrN6O2. The molecule has 2 aliphatic rings. The van der Waals surface area contributed by atoms with E-state index in [1.54, 1.807) is 4.90 Å². The summed E-state index contributed by atoms with van der Waals surface area (Å²) in [6.07, 6.45) is 2.62. The van der Waals surface area contributed by atoms with Crippen molar-refractivity contribution in [2.75, 3.05) is 47.8 Å². The number of aryl methyl sites for hydroxylation is 1. The highest BCUT2D eigenvalue weighted by atomic mass is 79.9. The molecule has 1 atom stereocenters. The summed E-state index contributed by atoms with van der Waals surface area (Å²) in [6.45, 7) is 5.37. The first-order valence-corrected chi connectivity index (χ1v) is 11.5. The van der Waals surface area contributed by atoms with E-state index in [1.165, 1.54) is 12.8 Å². The van der Waals surface area contributed by atoms with Crippen LogP contribution in [0.15, 0.2) is 34.8 Å². The molecule has 164 valence electrons. The predicted molar refractivity (Wildman–Crippen MR) is 124 cm³/mol. The molecule has 0 spiro atoms. The number of hydrogen-bond acceptors (Lipinski definition) is 6. The monoisotopic (exact) mass is 486 g/mol. The number of carbonyl (C=O) groups excluding carboxylic acids is 2. The van der Waals surface area contributed by atoms with Crippen molar-refractivity contribution in [1.29, 1.82) is 0 Å². The van der Waals surface area contributed by atoms with Crippen molar-refractivity contribution in [3.63, 3.8) is 0 Å². The van der Waals surface area contributed by atoms with Gasteiger partial charge >= 0.3 is 0 Å². The number of amides is 2. The Labute approximate surface area is 190 Å². The first-order chi connectivity index (χ1) is 15.0. The number of carbonyl (C=O) groups is 2. The maximum atomic E-state index is 12.6. The Morgan fingerprint density at radius 2 is 2.00 bits per heavy atom. The second-order valence-electron chi connectivity index (χ2n) is 7.96. The first-order valence-electron chi connectivity index (χ1n) is 10.7. The molecular weight excluding hydrogens is 460 g/mol. The predicted octanol–water partition coefficient (Wildman–Crippen LogP) is 2.73. The van der Waals surface area contributed by atoms with Gasteiger partial charge in [0, 0.05) is 55.4 Å². The van der Waals surface area contributed by atoms with Crippen molar-refractivity contribution < 1.29 is 9.59 Å². The van der Waals surface area contributed by atoms with Crippen molar-refractivity contribution >= 4 is 45.1 Å². The lowest BCUT2D eigenvalue weighted by Crippen LogP contribution is -2.35. The highest BCUT2D eigenvalue weighted by Gasteiger charge is 2.35. The molecule has 2 saturated heterocycles. The minimum Gasteiger partial charge on any atom is -0.368 e. The molecule has 2 fully saturated rings. The lowest BCUT2D eigenvalue weighted by molar-refractivity contribution is -0.126. The summed E-state index contributed by atoms with van der Waals surface area (Å²) in [6, 6.07) is 9.53. The van der Waals surface area contributed by atoms with Gasteiger partial charge in [-0.2, -0.15) is 0 Å². The van der Waals surface area contributed by atoms with E-state index in [1.807, 2.05) is 37.3 Å². The third-order valence-electron chi connectivity index (χ3n) is 5.60. The van der Waals surface area contributed by atoms with Gasteiger partial charge in [-0.15, -0.1) is 0 Å². The Kier molecular flexibility index (Phi) is 6.70. The van der Waals surface area contributed by atoms with E-state index < -0.39 is 0 Å². The molecule has 1 aromatic heterocycles. The van der Waals surface area contributed by atoms with E-state index in [0.29, 0.717) is 19.6 Å². The number of aromatic nitrogens is 2. The molecule has 8 nitrogen and oxygen atoms in total. The normalized spacial score (nSPS) is 18.5. The van der Waals surface area contributed by atoms with Gasteiger partial charge in [0.2, 0.25) is 11.8 Å². The van der Waals surface area contributed by atoms with Gasteiger partial charge in [-0.1, -0.05) is 22.0 Å². The number of nitrogens with one attached hydrogen (secondary N) is 2. The topological polar surface area (TPSA) is 90.5 Å². The number of anilines is 3. The maximum Gasteiger partial charge on any atom is 0.227 e. The first kappa shape index (κ1) is 21.5. The van der Waals surface area contributed by atoms with Crippen LogP contribution < -0.4 is 20.4 Å².